The number of quaternary nitrogens is 1. The number of esters is 1. The molecule has 8 nitrogen and oxygen atoms in total. The Morgan fingerprint density at radius 2 is 0.897 bits per heavy atom. The Hall–Kier alpha value is -0.760. The quantitative estimate of drug-likeness (QED) is 0.0198. The van der Waals surface area contributed by atoms with Gasteiger partial charge in [0.1, 0.15) is 19.3 Å². The largest absolute Gasteiger partial charge is 0.756 e. The number of nitrogens with zero attached hydrogens (tertiary/aromatic N) is 1. The van der Waals surface area contributed by atoms with Crippen molar-refractivity contribution in [2.24, 2.45) is 0 Å². The molecule has 0 rings (SSSR count). The first-order valence-corrected chi connectivity index (χ1v) is 26.4. The lowest BCUT2D eigenvalue weighted by atomic mass is 10.0. The van der Waals surface area contributed by atoms with Crippen LogP contribution in [0.2, 0.25) is 0 Å². The Balaban J connectivity index is 4.08. The SMILES string of the molecule is CCCCCCC/C=C\CCCCCCCC(=O)OC(COCCCCCCCCCCCCCCCCCCCCCCCC)COP(=O)([O-])OCC[N+](C)(C)C. The zero-order valence-corrected chi connectivity index (χ0v) is 40.2. The molecule has 0 spiro atoms. The van der Waals surface area contributed by atoms with E-state index >= 15 is 0 Å². The number of likely N-dealkylation sites (N-methyl/N-ethyl adjacent to an activating group) is 1. The molecule has 346 valence electrons. The first kappa shape index (κ1) is 57.2. The molecule has 0 aliphatic rings. The van der Waals surface area contributed by atoms with E-state index in [9.17, 15) is 14.3 Å². The van der Waals surface area contributed by atoms with Gasteiger partial charge in [-0.2, -0.15) is 0 Å². The summed E-state index contributed by atoms with van der Waals surface area (Å²) in [6, 6.07) is 0. The summed E-state index contributed by atoms with van der Waals surface area (Å²) in [5, 5.41) is 0. The van der Waals surface area contributed by atoms with Gasteiger partial charge in [0.25, 0.3) is 7.82 Å². The molecule has 0 aliphatic heterocycles. The Kier molecular flexibility index (Phi) is 42.3. The fourth-order valence-electron chi connectivity index (χ4n) is 7.19. The second-order valence-corrected chi connectivity index (χ2v) is 19.6. The molecule has 0 saturated heterocycles. The third-order valence-corrected chi connectivity index (χ3v) is 12.0. The van der Waals surface area contributed by atoms with E-state index in [2.05, 4.69) is 26.0 Å². The molecule has 0 bridgehead atoms. The first-order valence-electron chi connectivity index (χ1n) is 24.9. The van der Waals surface area contributed by atoms with E-state index in [1.165, 1.54) is 173 Å². The highest BCUT2D eigenvalue weighted by Crippen LogP contribution is 2.38. The van der Waals surface area contributed by atoms with Crippen LogP contribution in [0.3, 0.4) is 0 Å². The maximum Gasteiger partial charge on any atom is 0.306 e. The van der Waals surface area contributed by atoms with E-state index in [4.69, 9.17) is 18.5 Å². The van der Waals surface area contributed by atoms with Crippen molar-refractivity contribution in [3.63, 3.8) is 0 Å². The van der Waals surface area contributed by atoms with E-state index in [0.717, 1.165) is 44.9 Å². The summed E-state index contributed by atoms with van der Waals surface area (Å²) in [5.74, 6) is -0.338. The summed E-state index contributed by atoms with van der Waals surface area (Å²) >= 11 is 0. The molecule has 0 amide bonds. The minimum Gasteiger partial charge on any atom is -0.756 e. The molecule has 0 saturated carbocycles. The smallest absolute Gasteiger partial charge is 0.306 e. The van der Waals surface area contributed by atoms with E-state index in [1.807, 2.05) is 21.1 Å². The summed E-state index contributed by atoms with van der Waals surface area (Å²) < 4.78 is 34.7. The van der Waals surface area contributed by atoms with Gasteiger partial charge in [0.2, 0.25) is 0 Å². The van der Waals surface area contributed by atoms with E-state index in [1.54, 1.807) is 0 Å². The number of phosphoric acid groups is 1. The van der Waals surface area contributed by atoms with Gasteiger partial charge in [-0.3, -0.25) is 9.36 Å². The molecule has 0 N–H and O–H groups in total. The number of ether oxygens (including phenoxy) is 2. The average Bonchev–Trinajstić information content (AvgIpc) is 3.18. The molecule has 58 heavy (non-hydrogen) atoms. The molecule has 0 aromatic carbocycles. The van der Waals surface area contributed by atoms with Crippen LogP contribution in [0.1, 0.15) is 239 Å². The highest BCUT2D eigenvalue weighted by molar-refractivity contribution is 7.45. The zero-order valence-electron chi connectivity index (χ0n) is 39.3. The molecular formula is C49H98NO7P. The van der Waals surface area contributed by atoms with Gasteiger partial charge in [0.05, 0.1) is 34.4 Å². The number of carbonyl (C=O) groups excluding carboxylic acids is 1. The number of hydrogen-bond acceptors (Lipinski definition) is 7. The topological polar surface area (TPSA) is 94.1 Å². The number of hydrogen-bond donors (Lipinski definition) is 0. The number of carbonyl (C=O) groups is 1. The van der Waals surface area contributed by atoms with Crippen LogP contribution in [-0.2, 0) is 27.9 Å². The monoisotopic (exact) mass is 844 g/mol. The van der Waals surface area contributed by atoms with Crippen molar-refractivity contribution in [1.82, 2.24) is 0 Å². The standard InChI is InChI=1S/C49H98NO7P/c1-6-8-10-12-14-16-18-20-22-23-24-25-26-27-28-29-31-33-35-37-39-41-44-54-46-48(47-56-58(52,53)55-45-43-50(3,4)5)57-49(51)42-40-38-36-34-32-30-21-19-17-15-13-11-9-7-2/h19,21,48H,6-18,20,22-47H2,1-5H3/b21-19-. The fraction of sp³-hybridized carbons (Fsp3) is 0.939. The van der Waals surface area contributed by atoms with Gasteiger partial charge < -0.3 is 27.9 Å². The summed E-state index contributed by atoms with van der Waals surface area (Å²) in [7, 11) is 1.36. The van der Waals surface area contributed by atoms with Crippen LogP contribution >= 0.6 is 7.82 Å². The Morgan fingerprint density at radius 1 is 0.517 bits per heavy atom. The molecule has 2 unspecified atom stereocenters. The number of rotatable bonds is 47. The lowest BCUT2D eigenvalue weighted by Gasteiger charge is -2.28. The van der Waals surface area contributed by atoms with E-state index in [-0.39, 0.29) is 25.8 Å². The number of allylic oxidation sites excluding steroid dienone is 2. The molecule has 0 aromatic heterocycles. The van der Waals surface area contributed by atoms with Gasteiger partial charge in [0.15, 0.2) is 0 Å². The zero-order chi connectivity index (χ0) is 42.7. The number of phosphoric ester groups is 1. The van der Waals surface area contributed by atoms with Crippen molar-refractivity contribution >= 4 is 13.8 Å². The van der Waals surface area contributed by atoms with Gasteiger partial charge in [0, 0.05) is 13.0 Å². The Bertz CT molecular complexity index is 940. The first-order chi connectivity index (χ1) is 28.1. The lowest BCUT2D eigenvalue weighted by molar-refractivity contribution is -0.870. The molecule has 0 aromatic rings. The van der Waals surface area contributed by atoms with Crippen molar-refractivity contribution in [1.29, 1.82) is 0 Å². The summed E-state index contributed by atoms with van der Waals surface area (Å²) in [6.45, 7) is 5.45. The van der Waals surface area contributed by atoms with Crippen molar-refractivity contribution in [2.45, 2.75) is 245 Å². The van der Waals surface area contributed by atoms with Gasteiger partial charge in [-0.15, -0.1) is 0 Å². The predicted octanol–water partition coefficient (Wildman–Crippen LogP) is 14.4. The van der Waals surface area contributed by atoms with Gasteiger partial charge in [-0.25, -0.2) is 0 Å². The maximum absolute atomic E-state index is 12.7. The van der Waals surface area contributed by atoms with E-state index < -0.39 is 13.9 Å². The second kappa shape index (κ2) is 42.9. The normalized spacial score (nSPS) is 13.7. The second-order valence-electron chi connectivity index (χ2n) is 18.2. The van der Waals surface area contributed by atoms with Crippen molar-refractivity contribution < 1.29 is 37.3 Å². The molecule has 0 heterocycles. The molecule has 2 atom stereocenters. The van der Waals surface area contributed by atoms with Crippen molar-refractivity contribution in [3.8, 4) is 0 Å². The summed E-state index contributed by atoms with van der Waals surface area (Å²) in [6.07, 6.45) is 48.1. The molecule has 9 heteroatoms. The average molecular weight is 844 g/mol. The van der Waals surface area contributed by atoms with Gasteiger partial charge >= 0.3 is 5.97 Å². The minimum absolute atomic E-state index is 0.0279. The van der Waals surface area contributed by atoms with Crippen LogP contribution in [-0.4, -0.2) is 70.7 Å². The number of unbranched alkanes of at least 4 members (excludes halogenated alkanes) is 31. The Morgan fingerprint density at radius 3 is 1.31 bits per heavy atom. The fourth-order valence-corrected chi connectivity index (χ4v) is 7.92. The van der Waals surface area contributed by atoms with Crippen LogP contribution in [0.15, 0.2) is 12.2 Å². The van der Waals surface area contributed by atoms with Crippen LogP contribution in [0.4, 0.5) is 0 Å². The minimum atomic E-state index is -4.52. The third-order valence-electron chi connectivity index (χ3n) is 11.1. The van der Waals surface area contributed by atoms with Crippen molar-refractivity contribution in [3.05, 3.63) is 12.2 Å². The lowest BCUT2D eigenvalue weighted by Crippen LogP contribution is -2.37. The maximum atomic E-state index is 12.7. The third kappa shape index (κ3) is 46.3. The van der Waals surface area contributed by atoms with Gasteiger partial charge in [-0.1, -0.05) is 206 Å². The van der Waals surface area contributed by atoms with Crippen LogP contribution in [0, 0.1) is 0 Å². The van der Waals surface area contributed by atoms with E-state index in [0.29, 0.717) is 24.1 Å². The summed E-state index contributed by atoms with van der Waals surface area (Å²) in [4.78, 5) is 25.1. The van der Waals surface area contributed by atoms with Crippen molar-refractivity contribution in [2.75, 3.05) is 54.1 Å². The Labute approximate surface area is 360 Å². The van der Waals surface area contributed by atoms with Gasteiger partial charge in [-0.05, 0) is 38.5 Å². The van der Waals surface area contributed by atoms with Crippen LogP contribution < -0.4 is 4.89 Å². The molecular weight excluding hydrogens is 746 g/mol. The van der Waals surface area contributed by atoms with Crippen LogP contribution in [0.25, 0.3) is 0 Å². The highest BCUT2D eigenvalue weighted by atomic mass is 31.2. The summed E-state index contributed by atoms with van der Waals surface area (Å²) in [5.41, 5.74) is 0. The molecule has 0 aliphatic carbocycles. The molecule has 0 fully saturated rings. The van der Waals surface area contributed by atoms with Crippen LogP contribution in [0.5, 0.6) is 0 Å². The highest BCUT2D eigenvalue weighted by Gasteiger charge is 2.20. The molecule has 0 radical (unpaired) electrons. The predicted molar refractivity (Wildman–Crippen MR) is 245 cm³/mol.